The van der Waals surface area contributed by atoms with Crippen LogP contribution in [0.15, 0.2) is 15.5 Å². The van der Waals surface area contributed by atoms with Gasteiger partial charge in [-0.25, -0.2) is 16.8 Å². The minimum Gasteiger partial charge on any atom is -0.360 e. The second kappa shape index (κ2) is 8.64. The van der Waals surface area contributed by atoms with Crippen molar-refractivity contribution < 1.29 is 26.2 Å². The Balaban J connectivity index is 1.42. The van der Waals surface area contributed by atoms with Crippen LogP contribution in [0.25, 0.3) is 0 Å². The first-order valence-corrected chi connectivity index (χ1v) is 14.2. The molecule has 2 fully saturated rings. The number of sulfonamides is 1. The Morgan fingerprint density at radius 3 is 2.36 bits per heavy atom. The van der Waals surface area contributed by atoms with Crippen molar-refractivity contribution in [3.8, 4) is 0 Å². The second-order valence-corrected chi connectivity index (χ2v) is 13.1. The van der Waals surface area contributed by atoms with Crippen molar-refractivity contribution in [2.75, 3.05) is 44.2 Å². The third-order valence-corrected chi connectivity index (χ3v) is 10.5. The topological polar surface area (TPSA) is 123 Å². The highest BCUT2D eigenvalue weighted by molar-refractivity contribution is 7.91. The summed E-state index contributed by atoms with van der Waals surface area (Å²) < 4.78 is 58.2. The minimum absolute atomic E-state index is 0.0442. The highest BCUT2D eigenvalue weighted by Gasteiger charge is 2.35. The van der Waals surface area contributed by atoms with E-state index in [1.807, 2.05) is 29.4 Å². The molecule has 10 nitrogen and oxygen atoms in total. The number of carbonyl (C=O) groups is 1. The van der Waals surface area contributed by atoms with Crippen LogP contribution in [0.4, 0.5) is 0 Å². The lowest BCUT2D eigenvalue weighted by Gasteiger charge is -2.33. The van der Waals surface area contributed by atoms with Gasteiger partial charge in [0.25, 0.3) is 0 Å². The zero-order valence-electron chi connectivity index (χ0n) is 19.4. The third kappa shape index (κ3) is 4.53. The van der Waals surface area contributed by atoms with E-state index in [1.165, 1.54) is 4.31 Å². The van der Waals surface area contributed by atoms with E-state index >= 15 is 0 Å². The number of rotatable bonds is 6. The number of piperazine rings is 1. The van der Waals surface area contributed by atoms with Crippen molar-refractivity contribution in [1.29, 1.82) is 0 Å². The number of hydrogen-bond acceptors (Lipinski definition) is 8. The first-order valence-electron chi connectivity index (χ1n) is 11.0. The number of hydrogen-bond donors (Lipinski definition) is 0. The molecule has 0 bridgehead atoms. The predicted octanol–water partition coefficient (Wildman–Crippen LogP) is 1.26. The van der Waals surface area contributed by atoms with E-state index in [0.29, 0.717) is 30.8 Å². The molecule has 2 aliphatic heterocycles. The number of aryl methyl sites for hydroxylation is 3. The van der Waals surface area contributed by atoms with Gasteiger partial charge in [-0.2, -0.15) is 4.31 Å². The van der Waals surface area contributed by atoms with Gasteiger partial charge in [0.1, 0.15) is 10.6 Å². The zero-order valence-corrected chi connectivity index (χ0v) is 21.0. The van der Waals surface area contributed by atoms with Crippen LogP contribution < -0.4 is 0 Å². The van der Waals surface area contributed by atoms with Crippen molar-refractivity contribution in [2.24, 2.45) is 0 Å². The molecule has 2 aliphatic rings. The van der Waals surface area contributed by atoms with Gasteiger partial charge in [-0.15, -0.1) is 0 Å². The third-order valence-electron chi connectivity index (χ3n) is 6.62. The molecule has 0 N–H and O–H groups in total. The number of ketones is 1. The van der Waals surface area contributed by atoms with Crippen molar-refractivity contribution >= 4 is 25.6 Å². The van der Waals surface area contributed by atoms with Crippen molar-refractivity contribution in [3.63, 3.8) is 0 Å². The largest absolute Gasteiger partial charge is 0.360 e. The number of aromatic nitrogens is 2. The van der Waals surface area contributed by atoms with Crippen LogP contribution in [0, 0.1) is 27.7 Å². The molecule has 1 atom stereocenters. The molecule has 0 aromatic carbocycles. The summed E-state index contributed by atoms with van der Waals surface area (Å²) in [7, 11) is -6.73. The molecule has 2 aromatic rings. The minimum atomic E-state index is -3.70. The molecule has 33 heavy (non-hydrogen) atoms. The quantitative estimate of drug-likeness (QED) is 0.546. The Morgan fingerprint density at radius 2 is 1.82 bits per heavy atom. The summed E-state index contributed by atoms with van der Waals surface area (Å²) in [6.45, 7) is 8.56. The lowest BCUT2D eigenvalue weighted by molar-refractivity contribution is 0.0901. The second-order valence-electron chi connectivity index (χ2n) is 8.97. The molecule has 0 amide bonds. The Bertz CT molecular complexity index is 1260. The Kier molecular flexibility index (Phi) is 6.31. The fraction of sp³-hybridized carbons (Fsp3) is 0.619. The first kappa shape index (κ1) is 24.1. The van der Waals surface area contributed by atoms with Gasteiger partial charge in [0.2, 0.25) is 10.0 Å². The maximum Gasteiger partial charge on any atom is 0.248 e. The van der Waals surface area contributed by atoms with Crippen LogP contribution >= 0.6 is 0 Å². The smallest absolute Gasteiger partial charge is 0.248 e. The van der Waals surface area contributed by atoms with Crippen LogP contribution in [0.1, 0.15) is 45.7 Å². The lowest BCUT2D eigenvalue weighted by atomic mass is 10.1. The van der Waals surface area contributed by atoms with Gasteiger partial charge in [0.15, 0.2) is 21.4 Å². The molecule has 12 heteroatoms. The van der Waals surface area contributed by atoms with Gasteiger partial charge in [-0.05, 0) is 40.2 Å². The number of carbonyl (C=O) groups excluding carboxylic acids is 1. The highest BCUT2D eigenvalue weighted by atomic mass is 32.2. The number of Topliss-reactive ketones (excluding diaryl/α,β-unsaturated/α-hetero) is 1. The van der Waals surface area contributed by atoms with Crippen LogP contribution in [0.2, 0.25) is 0 Å². The van der Waals surface area contributed by atoms with E-state index in [4.69, 9.17) is 4.52 Å². The molecule has 1 unspecified atom stereocenters. The summed E-state index contributed by atoms with van der Waals surface area (Å²) in [5.74, 6) is 0.519. The molecule has 4 heterocycles. The van der Waals surface area contributed by atoms with E-state index < -0.39 is 19.9 Å². The SMILES string of the molecule is Cc1noc(C)c1S(=O)(=O)N1CCN(CC(=O)c2cc(C)n(C3CCS(=O)(=O)C3)c2C)CC1. The molecular formula is C21H30N4O6S2. The molecule has 182 valence electrons. The number of nitrogens with zero attached hydrogens (tertiary/aromatic N) is 4. The van der Waals surface area contributed by atoms with E-state index in [1.54, 1.807) is 13.8 Å². The fourth-order valence-electron chi connectivity index (χ4n) is 4.99. The molecule has 0 spiro atoms. The van der Waals surface area contributed by atoms with Crippen LogP contribution in [0.5, 0.6) is 0 Å². The monoisotopic (exact) mass is 498 g/mol. The van der Waals surface area contributed by atoms with Crippen molar-refractivity contribution in [1.82, 2.24) is 18.9 Å². The summed E-state index contributed by atoms with van der Waals surface area (Å²) in [5, 5.41) is 3.75. The molecule has 0 aliphatic carbocycles. The Hall–Kier alpha value is -2.02. The summed E-state index contributed by atoms with van der Waals surface area (Å²) in [4.78, 5) is 15.1. The Labute approximate surface area is 194 Å². The molecular weight excluding hydrogens is 468 g/mol. The Morgan fingerprint density at radius 1 is 1.15 bits per heavy atom. The van der Waals surface area contributed by atoms with Gasteiger partial charge < -0.3 is 9.09 Å². The summed E-state index contributed by atoms with van der Waals surface area (Å²) in [6, 6.07) is 1.70. The zero-order chi connectivity index (χ0) is 24.1. The molecule has 0 saturated carbocycles. The molecule has 4 rings (SSSR count). The highest BCUT2D eigenvalue weighted by Crippen LogP contribution is 2.29. The van der Waals surface area contributed by atoms with Crippen LogP contribution in [-0.4, -0.2) is 85.8 Å². The van der Waals surface area contributed by atoms with E-state index in [9.17, 15) is 21.6 Å². The van der Waals surface area contributed by atoms with E-state index in [0.717, 1.165) is 11.4 Å². The van der Waals surface area contributed by atoms with Crippen molar-refractivity contribution in [2.45, 2.75) is 45.1 Å². The van der Waals surface area contributed by atoms with E-state index in [-0.39, 0.29) is 53.6 Å². The standard InChI is InChI=1S/C21H30N4O6S2/c1-14-11-19(16(3)25(14)18-5-10-32(27,28)13-18)20(26)12-23-6-8-24(9-7-23)33(29,30)21-15(2)22-31-17(21)4/h11,18H,5-10,12-13H2,1-4H3. The fourth-order valence-corrected chi connectivity index (χ4v) is 8.40. The number of sulfone groups is 1. The maximum absolute atomic E-state index is 13.1. The normalized spacial score (nSPS) is 22.1. The summed E-state index contributed by atoms with van der Waals surface area (Å²) in [5.41, 5.74) is 2.62. The van der Waals surface area contributed by atoms with Gasteiger partial charge in [-0.1, -0.05) is 5.16 Å². The molecule has 0 radical (unpaired) electrons. The van der Waals surface area contributed by atoms with Crippen LogP contribution in [-0.2, 0) is 19.9 Å². The maximum atomic E-state index is 13.1. The molecule has 2 aromatic heterocycles. The average Bonchev–Trinajstić information content (AvgIpc) is 3.36. The van der Waals surface area contributed by atoms with Crippen LogP contribution in [0.3, 0.4) is 0 Å². The van der Waals surface area contributed by atoms with Gasteiger partial charge in [0, 0.05) is 49.2 Å². The van der Waals surface area contributed by atoms with Gasteiger partial charge in [-0.3, -0.25) is 9.69 Å². The van der Waals surface area contributed by atoms with Gasteiger partial charge >= 0.3 is 0 Å². The summed E-state index contributed by atoms with van der Waals surface area (Å²) >= 11 is 0. The van der Waals surface area contributed by atoms with Crippen molar-refractivity contribution in [3.05, 3.63) is 34.5 Å². The first-order chi connectivity index (χ1) is 15.4. The summed E-state index contributed by atoms with van der Waals surface area (Å²) in [6.07, 6.45) is 0.563. The molecule has 2 saturated heterocycles. The van der Waals surface area contributed by atoms with Gasteiger partial charge in [0.05, 0.1) is 18.1 Å². The lowest BCUT2D eigenvalue weighted by Crippen LogP contribution is -2.49. The predicted molar refractivity (Wildman–Crippen MR) is 122 cm³/mol. The van der Waals surface area contributed by atoms with E-state index in [2.05, 4.69) is 5.16 Å². The average molecular weight is 499 g/mol.